The van der Waals surface area contributed by atoms with Crippen molar-refractivity contribution in [3.05, 3.63) is 0 Å². The lowest BCUT2D eigenvalue weighted by Gasteiger charge is -2.16. The molecule has 0 amide bonds. The Bertz CT molecular complexity index is 169. The van der Waals surface area contributed by atoms with Crippen LogP contribution in [0.2, 0.25) is 0 Å². The van der Waals surface area contributed by atoms with Gasteiger partial charge in [-0.1, -0.05) is 62.7 Å². The average molecular weight is 299 g/mol. The molecule has 0 bridgehead atoms. The molecule has 0 aliphatic rings. The minimum atomic E-state index is -1.33. The molecule has 0 aliphatic carbocycles. The van der Waals surface area contributed by atoms with Crippen LogP contribution >= 0.6 is 23.2 Å². The zero-order chi connectivity index (χ0) is 13.8. The Balaban J connectivity index is 3.58. The van der Waals surface area contributed by atoms with Gasteiger partial charge in [-0.25, -0.2) is 0 Å². The summed E-state index contributed by atoms with van der Waals surface area (Å²) < 4.78 is 10.2. The van der Waals surface area contributed by atoms with Crippen LogP contribution in [0.5, 0.6) is 0 Å². The summed E-state index contributed by atoms with van der Waals surface area (Å²) in [4.78, 5) is 0. The summed E-state index contributed by atoms with van der Waals surface area (Å²) in [6, 6.07) is 0. The number of halogens is 2. The maximum Gasteiger partial charge on any atom is 0.638 e. The highest BCUT2D eigenvalue weighted by molar-refractivity contribution is 6.37. The Hall–Kier alpha value is 0.525. The Morgan fingerprint density at radius 3 is 1.61 bits per heavy atom. The van der Waals surface area contributed by atoms with Gasteiger partial charge in [-0.15, -0.1) is 0 Å². The number of hydrogen-bond acceptors (Lipinski definition) is 3. The van der Waals surface area contributed by atoms with Gasteiger partial charge < -0.3 is 14.3 Å². The topological polar surface area (TPSA) is 38.7 Å². The van der Waals surface area contributed by atoms with Gasteiger partial charge in [0, 0.05) is 0 Å². The minimum absolute atomic E-state index is 0.522. The summed E-state index contributed by atoms with van der Waals surface area (Å²) in [7, 11) is -1.33. The van der Waals surface area contributed by atoms with E-state index in [1.807, 2.05) is 0 Å². The highest BCUT2D eigenvalue weighted by Crippen LogP contribution is 2.15. The highest BCUT2D eigenvalue weighted by Gasteiger charge is 2.23. The molecule has 0 heterocycles. The minimum Gasteiger partial charge on any atom is -0.402 e. The fourth-order valence-electron chi connectivity index (χ4n) is 1.53. The first-order chi connectivity index (χ1) is 8.60. The van der Waals surface area contributed by atoms with Crippen LogP contribution in [0.4, 0.5) is 0 Å². The van der Waals surface area contributed by atoms with Gasteiger partial charge in [0.05, 0.1) is 0 Å². The zero-order valence-corrected chi connectivity index (χ0v) is 12.9. The van der Waals surface area contributed by atoms with Crippen LogP contribution in [0.1, 0.15) is 65.2 Å². The molecule has 0 rings (SSSR count). The lowest BCUT2D eigenvalue weighted by molar-refractivity contribution is 0.0995. The van der Waals surface area contributed by atoms with Crippen LogP contribution < -0.4 is 0 Å². The van der Waals surface area contributed by atoms with Crippen LogP contribution in [0, 0.1) is 0 Å². The van der Waals surface area contributed by atoms with Crippen molar-refractivity contribution in [1.29, 1.82) is 0 Å². The molecule has 0 aromatic heterocycles. The second kappa shape index (κ2) is 12.6. The molecule has 2 unspecified atom stereocenters. The van der Waals surface area contributed by atoms with E-state index >= 15 is 0 Å². The van der Waals surface area contributed by atoms with Crippen LogP contribution in [0.25, 0.3) is 0 Å². The third-order valence-electron chi connectivity index (χ3n) is 2.60. The van der Waals surface area contributed by atoms with E-state index in [9.17, 15) is 5.02 Å². The summed E-state index contributed by atoms with van der Waals surface area (Å²) >= 11 is 11.8. The van der Waals surface area contributed by atoms with Crippen molar-refractivity contribution < 1.29 is 14.3 Å². The van der Waals surface area contributed by atoms with Crippen molar-refractivity contribution in [2.45, 2.75) is 76.3 Å². The summed E-state index contributed by atoms with van der Waals surface area (Å²) in [5.41, 5.74) is -1.04. The zero-order valence-electron chi connectivity index (χ0n) is 11.4. The molecule has 0 saturated carbocycles. The summed E-state index contributed by atoms with van der Waals surface area (Å²) in [5, 5.41) is 9.49. The molecular formula is C12H25BCl2O3. The summed E-state index contributed by atoms with van der Waals surface area (Å²) in [5.74, 6) is 0. The molecule has 0 aliphatic heterocycles. The van der Waals surface area contributed by atoms with E-state index in [2.05, 4.69) is 13.8 Å². The largest absolute Gasteiger partial charge is 0.638 e. The first-order valence-electron chi connectivity index (χ1n) is 6.87. The molecular weight excluding hydrogens is 274 g/mol. The van der Waals surface area contributed by atoms with Crippen LogP contribution in [0.15, 0.2) is 0 Å². The summed E-state index contributed by atoms with van der Waals surface area (Å²) in [6.45, 7) is 4.24. The number of unbranched alkanes of at least 4 members (excludes halogenated alkanes) is 4. The van der Waals surface area contributed by atoms with Gasteiger partial charge in [0.2, 0.25) is 0 Å². The van der Waals surface area contributed by atoms with E-state index in [1.54, 1.807) is 0 Å². The lowest BCUT2D eigenvalue weighted by atomic mass is 10.2. The van der Waals surface area contributed by atoms with Crippen LogP contribution in [0.3, 0.4) is 0 Å². The monoisotopic (exact) mass is 298 g/mol. The predicted octanol–water partition coefficient (Wildman–Crippen LogP) is 4.29. The molecule has 0 radical (unpaired) electrons. The fourth-order valence-corrected chi connectivity index (χ4v) is 2.02. The SMILES string of the molecule is CCCCCC(Cl)OB(O)OC(Cl)CCCCC. The van der Waals surface area contributed by atoms with Crippen molar-refractivity contribution in [1.82, 2.24) is 0 Å². The van der Waals surface area contributed by atoms with Crippen molar-refractivity contribution >= 4 is 30.5 Å². The van der Waals surface area contributed by atoms with E-state index in [0.717, 1.165) is 38.5 Å². The van der Waals surface area contributed by atoms with Gasteiger partial charge in [0.15, 0.2) is 0 Å². The van der Waals surface area contributed by atoms with E-state index < -0.39 is 18.4 Å². The molecule has 0 fully saturated rings. The second-order valence-corrected chi connectivity index (χ2v) is 5.36. The Morgan fingerprint density at radius 1 is 0.889 bits per heavy atom. The third kappa shape index (κ3) is 11.6. The Labute approximate surface area is 121 Å². The van der Waals surface area contributed by atoms with Gasteiger partial charge in [-0.05, 0) is 25.7 Å². The predicted molar refractivity (Wildman–Crippen MR) is 77.7 cm³/mol. The number of alkyl halides is 2. The first kappa shape index (κ1) is 18.5. The standard InChI is InChI=1S/C12H25BCl2O3/c1-3-5-7-9-11(14)17-13(16)18-12(15)10-8-6-4-2/h11-12,16H,3-10H2,1-2H3. The number of hydrogen-bond donors (Lipinski definition) is 1. The van der Waals surface area contributed by atoms with E-state index in [0.29, 0.717) is 12.8 Å². The molecule has 0 spiro atoms. The molecule has 18 heavy (non-hydrogen) atoms. The fraction of sp³-hybridized carbons (Fsp3) is 1.00. The lowest BCUT2D eigenvalue weighted by Crippen LogP contribution is -2.29. The molecule has 3 nitrogen and oxygen atoms in total. The van der Waals surface area contributed by atoms with Gasteiger partial charge in [-0.2, -0.15) is 0 Å². The van der Waals surface area contributed by atoms with Crippen LogP contribution in [-0.2, 0) is 9.31 Å². The molecule has 6 heteroatoms. The molecule has 1 N–H and O–H groups in total. The molecule has 2 atom stereocenters. The summed E-state index contributed by atoms with van der Waals surface area (Å²) in [6.07, 6.45) is 7.86. The quantitative estimate of drug-likeness (QED) is 0.332. The molecule has 0 saturated heterocycles. The molecule has 0 aromatic rings. The maximum atomic E-state index is 9.49. The first-order valence-corrected chi connectivity index (χ1v) is 7.74. The van der Waals surface area contributed by atoms with Crippen molar-refractivity contribution in [2.75, 3.05) is 0 Å². The molecule has 108 valence electrons. The third-order valence-corrected chi connectivity index (χ3v) is 3.24. The van der Waals surface area contributed by atoms with Crippen molar-refractivity contribution in [3.63, 3.8) is 0 Å². The van der Waals surface area contributed by atoms with Gasteiger partial charge in [0.1, 0.15) is 11.1 Å². The molecule has 0 aromatic carbocycles. The van der Waals surface area contributed by atoms with Crippen molar-refractivity contribution in [3.8, 4) is 0 Å². The van der Waals surface area contributed by atoms with Gasteiger partial charge in [-0.3, -0.25) is 0 Å². The van der Waals surface area contributed by atoms with E-state index in [4.69, 9.17) is 32.5 Å². The van der Waals surface area contributed by atoms with Gasteiger partial charge >= 0.3 is 7.32 Å². The Kier molecular flexibility index (Phi) is 12.9. The second-order valence-electron chi connectivity index (χ2n) is 4.39. The maximum absolute atomic E-state index is 9.49. The Morgan fingerprint density at radius 2 is 1.28 bits per heavy atom. The van der Waals surface area contributed by atoms with Crippen molar-refractivity contribution in [2.24, 2.45) is 0 Å². The van der Waals surface area contributed by atoms with Gasteiger partial charge in [0.25, 0.3) is 0 Å². The highest BCUT2D eigenvalue weighted by atomic mass is 35.5. The number of rotatable bonds is 12. The van der Waals surface area contributed by atoms with E-state index in [-0.39, 0.29) is 0 Å². The van der Waals surface area contributed by atoms with Crippen LogP contribution in [-0.4, -0.2) is 23.5 Å². The normalized spacial score (nSPS) is 14.5. The van der Waals surface area contributed by atoms with E-state index in [1.165, 1.54) is 0 Å². The average Bonchev–Trinajstić information content (AvgIpc) is 2.29. The smallest absolute Gasteiger partial charge is 0.402 e.